The molecule has 18 heavy (non-hydrogen) atoms. The van der Waals surface area contributed by atoms with Crippen molar-refractivity contribution in [2.24, 2.45) is 5.92 Å². The van der Waals surface area contributed by atoms with Crippen molar-refractivity contribution in [3.05, 3.63) is 12.2 Å². The van der Waals surface area contributed by atoms with E-state index < -0.39 is 8.32 Å². The molecule has 0 fully saturated rings. The van der Waals surface area contributed by atoms with Gasteiger partial charge in [-0.25, -0.2) is 0 Å². The van der Waals surface area contributed by atoms with Gasteiger partial charge in [-0.15, -0.1) is 0 Å². The Hall–Kier alpha value is -0.613. The van der Waals surface area contributed by atoms with Crippen LogP contribution in [0, 0.1) is 5.92 Å². The van der Waals surface area contributed by atoms with Crippen molar-refractivity contribution in [3.8, 4) is 0 Å². The van der Waals surface area contributed by atoms with Crippen molar-refractivity contribution in [2.75, 3.05) is 13.7 Å². The number of hydrogen-bond donors (Lipinski definition) is 0. The highest BCUT2D eigenvalue weighted by molar-refractivity contribution is 6.74. The van der Waals surface area contributed by atoms with Crippen LogP contribution in [-0.4, -0.2) is 38.8 Å². The fourth-order valence-corrected chi connectivity index (χ4v) is 2.69. The van der Waals surface area contributed by atoms with Gasteiger partial charge >= 0.3 is 0 Å². The summed E-state index contributed by atoms with van der Waals surface area (Å²) in [6.07, 6.45) is 4.08. The summed E-state index contributed by atoms with van der Waals surface area (Å²) in [4.78, 5) is 13.7. The first-order valence-corrected chi connectivity index (χ1v) is 9.56. The third kappa shape index (κ3) is 3.23. The molecule has 0 aromatic carbocycles. The Labute approximate surface area is 112 Å². The minimum absolute atomic E-state index is 0.000814. The molecule has 0 aromatic rings. The van der Waals surface area contributed by atoms with Crippen LogP contribution < -0.4 is 0 Å². The Bertz CT molecular complexity index is 344. The van der Waals surface area contributed by atoms with E-state index in [1.807, 2.05) is 20.0 Å². The minimum Gasteiger partial charge on any atom is -0.414 e. The zero-order valence-corrected chi connectivity index (χ0v) is 13.8. The summed E-state index contributed by atoms with van der Waals surface area (Å²) < 4.78 is 6.18. The normalized spacial score (nSPS) is 25.7. The van der Waals surface area contributed by atoms with Crippen LogP contribution in [0.1, 0.15) is 27.7 Å². The predicted octanol–water partition coefficient (Wildman–Crippen LogP) is 3.04. The van der Waals surface area contributed by atoms with E-state index in [1.54, 1.807) is 4.90 Å². The van der Waals surface area contributed by atoms with Crippen molar-refractivity contribution in [2.45, 2.75) is 51.9 Å². The highest BCUT2D eigenvalue weighted by Gasteiger charge is 2.38. The van der Waals surface area contributed by atoms with Gasteiger partial charge in [-0.1, -0.05) is 39.8 Å². The molecule has 0 radical (unpaired) electrons. The Kier molecular flexibility index (Phi) is 4.44. The third-order valence-electron chi connectivity index (χ3n) is 4.28. The fraction of sp³-hybridized carbons (Fsp3) is 0.786. The lowest BCUT2D eigenvalue weighted by Crippen LogP contribution is -2.48. The molecular weight excluding hydrogens is 242 g/mol. The monoisotopic (exact) mass is 269 g/mol. The molecule has 0 spiro atoms. The second-order valence-electron chi connectivity index (χ2n) is 6.76. The number of rotatable bonds is 3. The summed E-state index contributed by atoms with van der Waals surface area (Å²) in [6.45, 7) is 13.7. The van der Waals surface area contributed by atoms with Gasteiger partial charge in [-0.3, -0.25) is 4.79 Å². The molecule has 1 rings (SSSR count). The van der Waals surface area contributed by atoms with Gasteiger partial charge in [0.05, 0.1) is 18.6 Å². The van der Waals surface area contributed by atoms with Crippen molar-refractivity contribution < 1.29 is 9.22 Å². The lowest BCUT2D eigenvalue weighted by molar-refractivity contribution is -0.134. The first-order chi connectivity index (χ1) is 8.06. The Morgan fingerprint density at radius 1 is 1.33 bits per heavy atom. The summed E-state index contributed by atoms with van der Waals surface area (Å²) in [5, 5.41) is 0.210. The van der Waals surface area contributed by atoms with Crippen molar-refractivity contribution in [3.63, 3.8) is 0 Å². The quantitative estimate of drug-likeness (QED) is 0.582. The molecule has 4 heteroatoms. The molecule has 0 saturated carbocycles. The third-order valence-corrected chi connectivity index (χ3v) is 8.78. The molecule has 2 atom stereocenters. The van der Waals surface area contributed by atoms with Gasteiger partial charge in [0.2, 0.25) is 5.91 Å². The number of likely N-dealkylation sites (N-methyl/N-ethyl adjacent to an activating group) is 1. The molecule has 0 unspecified atom stereocenters. The Balaban J connectivity index is 2.65. The first-order valence-electron chi connectivity index (χ1n) is 6.65. The van der Waals surface area contributed by atoms with E-state index in [-0.39, 0.29) is 22.9 Å². The van der Waals surface area contributed by atoms with Gasteiger partial charge in [-0.2, -0.15) is 0 Å². The fourth-order valence-electron chi connectivity index (χ4n) is 1.67. The number of amides is 1. The van der Waals surface area contributed by atoms with Crippen LogP contribution >= 0.6 is 0 Å². The average Bonchev–Trinajstić information content (AvgIpc) is 2.23. The molecule has 0 saturated heterocycles. The summed E-state index contributed by atoms with van der Waals surface area (Å²) in [7, 11) is 0.134. The van der Waals surface area contributed by atoms with Crippen molar-refractivity contribution in [1.29, 1.82) is 0 Å². The van der Waals surface area contributed by atoms with Crippen LogP contribution in [0.25, 0.3) is 0 Å². The maximum atomic E-state index is 11.9. The Morgan fingerprint density at radius 2 is 1.89 bits per heavy atom. The summed E-state index contributed by atoms with van der Waals surface area (Å²) in [6, 6.07) is 0.0859. The van der Waals surface area contributed by atoms with Gasteiger partial charge < -0.3 is 9.33 Å². The molecular formula is C14H27NO2Si. The molecule has 0 bridgehead atoms. The van der Waals surface area contributed by atoms with Gasteiger partial charge in [-0.05, 0) is 18.1 Å². The van der Waals surface area contributed by atoms with Crippen LogP contribution in [0.15, 0.2) is 12.2 Å². The van der Waals surface area contributed by atoms with E-state index in [0.717, 1.165) is 0 Å². The van der Waals surface area contributed by atoms with Crippen LogP contribution in [0.3, 0.4) is 0 Å². The molecule has 3 nitrogen and oxygen atoms in total. The molecule has 0 aliphatic carbocycles. The van der Waals surface area contributed by atoms with Crippen LogP contribution in [0.4, 0.5) is 0 Å². The summed E-state index contributed by atoms with van der Waals surface area (Å²) >= 11 is 0. The number of carbonyl (C=O) groups is 1. The lowest BCUT2D eigenvalue weighted by Gasteiger charge is -2.39. The van der Waals surface area contributed by atoms with Crippen LogP contribution in [0.5, 0.6) is 0 Å². The zero-order chi connectivity index (χ0) is 14.1. The van der Waals surface area contributed by atoms with Gasteiger partial charge in [0.15, 0.2) is 8.32 Å². The van der Waals surface area contributed by atoms with E-state index in [1.165, 1.54) is 0 Å². The van der Waals surface area contributed by atoms with Crippen LogP contribution in [-0.2, 0) is 9.22 Å². The second-order valence-corrected chi connectivity index (χ2v) is 11.6. The molecule has 0 aromatic heterocycles. The molecule has 104 valence electrons. The van der Waals surface area contributed by atoms with Crippen LogP contribution in [0.2, 0.25) is 18.1 Å². The van der Waals surface area contributed by atoms with Crippen molar-refractivity contribution in [1.82, 2.24) is 4.90 Å². The highest BCUT2D eigenvalue weighted by atomic mass is 28.4. The van der Waals surface area contributed by atoms with Gasteiger partial charge in [0.1, 0.15) is 0 Å². The smallest absolute Gasteiger partial charge is 0.229 e. The number of hydrogen-bond acceptors (Lipinski definition) is 2. The average molecular weight is 269 g/mol. The molecule has 1 aliphatic rings. The molecule has 0 N–H and O–H groups in total. The first kappa shape index (κ1) is 15.4. The minimum atomic E-state index is -1.73. The SMILES string of the molecule is C[C@@H]1C=C[C@H](CO[Si](C)(C)C(C)(C)C)N(C)C1=O. The largest absolute Gasteiger partial charge is 0.414 e. The molecule has 1 aliphatic heterocycles. The summed E-state index contributed by atoms with van der Waals surface area (Å²) in [5.74, 6) is 0.181. The van der Waals surface area contributed by atoms with E-state index in [4.69, 9.17) is 4.43 Å². The topological polar surface area (TPSA) is 29.5 Å². The standard InChI is InChI=1S/C14H27NO2Si/c1-11-8-9-12(15(5)13(11)16)10-17-18(6,7)14(2,3)4/h8-9,11-12H,10H2,1-7H3/t11-,12-/m1/s1. The Morgan fingerprint density at radius 3 is 2.39 bits per heavy atom. The zero-order valence-electron chi connectivity index (χ0n) is 12.8. The van der Waals surface area contributed by atoms with Crippen molar-refractivity contribution >= 4 is 14.2 Å². The van der Waals surface area contributed by atoms with E-state index in [2.05, 4.69) is 39.9 Å². The van der Waals surface area contributed by atoms with E-state index >= 15 is 0 Å². The molecule has 1 heterocycles. The van der Waals surface area contributed by atoms with Gasteiger partial charge in [0.25, 0.3) is 0 Å². The van der Waals surface area contributed by atoms with E-state index in [9.17, 15) is 4.79 Å². The number of nitrogens with zero attached hydrogens (tertiary/aromatic N) is 1. The van der Waals surface area contributed by atoms with E-state index in [0.29, 0.717) is 6.61 Å². The van der Waals surface area contributed by atoms with Gasteiger partial charge in [0, 0.05) is 7.05 Å². The second kappa shape index (κ2) is 5.17. The number of carbonyl (C=O) groups excluding carboxylic acids is 1. The maximum Gasteiger partial charge on any atom is 0.229 e. The predicted molar refractivity (Wildman–Crippen MR) is 78.0 cm³/mol. The molecule has 1 amide bonds. The maximum absolute atomic E-state index is 11.9. The highest BCUT2D eigenvalue weighted by Crippen LogP contribution is 2.36. The summed E-state index contributed by atoms with van der Waals surface area (Å²) in [5.41, 5.74) is 0. The lowest BCUT2D eigenvalue weighted by atomic mass is 10.0.